The third-order valence-electron chi connectivity index (χ3n) is 6.01. The second kappa shape index (κ2) is 8.40. The second-order valence-electron chi connectivity index (χ2n) is 8.22. The highest BCUT2D eigenvalue weighted by Gasteiger charge is 2.32. The van der Waals surface area contributed by atoms with Crippen molar-refractivity contribution in [2.75, 3.05) is 26.2 Å². The van der Waals surface area contributed by atoms with Gasteiger partial charge in [-0.3, -0.25) is 9.98 Å². The van der Waals surface area contributed by atoms with Crippen LogP contribution in [-0.2, 0) is 6.54 Å². The van der Waals surface area contributed by atoms with Crippen LogP contribution < -0.4 is 5.32 Å². The van der Waals surface area contributed by atoms with Gasteiger partial charge in [-0.2, -0.15) is 0 Å². The minimum atomic E-state index is 0.379. The Bertz CT molecular complexity index is 1160. The molecule has 1 saturated carbocycles. The summed E-state index contributed by atoms with van der Waals surface area (Å²) in [5.74, 6) is 1.43. The van der Waals surface area contributed by atoms with E-state index in [0.717, 1.165) is 72.7 Å². The highest BCUT2D eigenvalue weighted by Crippen LogP contribution is 2.45. The molecule has 2 aliphatic rings. The van der Waals surface area contributed by atoms with E-state index in [1.165, 1.54) is 5.56 Å². The minimum Gasteiger partial charge on any atom is -0.354 e. The molecule has 0 spiro atoms. The van der Waals surface area contributed by atoms with Gasteiger partial charge in [0.25, 0.3) is 0 Å². The van der Waals surface area contributed by atoms with Gasteiger partial charge in [0.1, 0.15) is 17.2 Å². The van der Waals surface area contributed by atoms with E-state index in [0.29, 0.717) is 23.3 Å². The molecule has 0 bridgehead atoms. The SMILES string of the molecule is C=Nc1c(Cl)ncc(C2CC2)c1C(=NCc1ccnc2[nH]c(C)cc12)N1CCNCC1. The molecule has 1 saturated heterocycles. The summed E-state index contributed by atoms with van der Waals surface area (Å²) < 4.78 is 0. The second-order valence-corrected chi connectivity index (χ2v) is 8.58. The predicted octanol–water partition coefficient (Wildman–Crippen LogP) is 3.98. The van der Waals surface area contributed by atoms with Crippen molar-refractivity contribution in [1.29, 1.82) is 0 Å². The summed E-state index contributed by atoms with van der Waals surface area (Å²) >= 11 is 6.46. The van der Waals surface area contributed by atoms with Crippen molar-refractivity contribution in [2.45, 2.75) is 32.2 Å². The van der Waals surface area contributed by atoms with E-state index in [2.05, 4.69) is 42.9 Å². The van der Waals surface area contributed by atoms with Gasteiger partial charge >= 0.3 is 0 Å². The Hall–Kier alpha value is -2.77. The van der Waals surface area contributed by atoms with Gasteiger partial charge in [0.05, 0.1) is 12.1 Å². The topological polar surface area (TPSA) is 81.6 Å². The van der Waals surface area contributed by atoms with Crippen LogP contribution in [0.4, 0.5) is 5.69 Å². The lowest BCUT2D eigenvalue weighted by atomic mass is 10.0. The summed E-state index contributed by atoms with van der Waals surface area (Å²) in [6.07, 6.45) is 6.07. The number of piperazine rings is 1. The maximum atomic E-state index is 6.46. The maximum absolute atomic E-state index is 6.46. The van der Waals surface area contributed by atoms with E-state index in [1.807, 2.05) is 25.4 Å². The number of aromatic nitrogens is 3. The van der Waals surface area contributed by atoms with Gasteiger partial charge < -0.3 is 15.2 Å². The van der Waals surface area contributed by atoms with E-state index in [4.69, 9.17) is 16.6 Å². The van der Waals surface area contributed by atoms with Crippen molar-refractivity contribution in [1.82, 2.24) is 25.2 Å². The van der Waals surface area contributed by atoms with Crippen LogP contribution in [-0.4, -0.2) is 58.6 Å². The fraction of sp³-hybridized carbons (Fsp3) is 0.391. The lowest BCUT2D eigenvalue weighted by Gasteiger charge is -2.32. The van der Waals surface area contributed by atoms with Crippen LogP contribution in [0.5, 0.6) is 0 Å². The maximum Gasteiger partial charge on any atom is 0.155 e. The molecule has 0 radical (unpaired) electrons. The van der Waals surface area contributed by atoms with Crippen LogP contribution in [0.25, 0.3) is 11.0 Å². The number of amidine groups is 1. The molecule has 8 heteroatoms. The zero-order valence-electron chi connectivity index (χ0n) is 17.7. The van der Waals surface area contributed by atoms with Gasteiger partial charge in [-0.15, -0.1) is 0 Å². The first-order valence-electron chi connectivity index (χ1n) is 10.7. The van der Waals surface area contributed by atoms with Gasteiger partial charge in [-0.25, -0.2) is 9.97 Å². The average molecular weight is 436 g/mol. The highest BCUT2D eigenvalue weighted by molar-refractivity contribution is 6.32. The molecule has 4 heterocycles. The number of aromatic amines is 1. The summed E-state index contributed by atoms with van der Waals surface area (Å²) in [6, 6.07) is 4.18. The van der Waals surface area contributed by atoms with Crippen LogP contribution >= 0.6 is 11.6 Å². The first-order chi connectivity index (χ1) is 15.2. The minimum absolute atomic E-state index is 0.379. The summed E-state index contributed by atoms with van der Waals surface area (Å²) in [5, 5.41) is 4.92. The number of nitrogens with zero attached hydrogens (tertiary/aromatic N) is 5. The summed E-state index contributed by atoms with van der Waals surface area (Å²) in [5.41, 5.74) is 5.95. The number of halogens is 1. The number of H-pyrrole nitrogens is 1. The van der Waals surface area contributed by atoms with Crippen molar-refractivity contribution in [2.24, 2.45) is 9.98 Å². The quantitative estimate of drug-likeness (QED) is 0.361. The molecule has 2 fully saturated rings. The van der Waals surface area contributed by atoms with E-state index >= 15 is 0 Å². The molecule has 0 amide bonds. The highest BCUT2D eigenvalue weighted by atomic mass is 35.5. The third kappa shape index (κ3) is 3.95. The van der Waals surface area contributed by atoms with Gasteiger partial charge in [0.15, 0.2) is 5.15 Å². The molecule has 1 aliphatic heterocycles. The number of hydrogen-bond acceptors (Lipinski definition) is 5. The third-order valence-corrected chi connectivity index (χ3v) is 6.29. The molecule has 0 aromatic carbocycles. The molecular weight excluding hydrogens is 410 g/mol. The Morgan fingerprint density at radius 1 is 1.29 bits per heavy atom. The van der Waals surface area contributed by atoms with Gasteiger partial charge in [0.2, 0.25) is 0 Å². The smallest absolute Gasteiger partial charge is 0.155 e. The number of nitrogens with one attached hydrogen (secondary N) is 2. The Balaban J connectivity index is 1.63. The van der Waals surface area contributed by atoms with Crippen LogP contribution in [0.15, 0.2) is 34.5 Å². The average Bonchev–Trinajstić information content (AvgIpc) is 3.55. The van der Waals surface area contributed by atoms with E-state index in [-0.39, 0.29) is 0 Å². The Labute approximate surface area is 186 Å². The van der Waals surface area contributed by atoms with Crippen molar-refractivity contribution < 1.29 is 0 Å². The number of rotatable bonds is 5. The molecule has 0 atom stereocenters. The van der Waals surface area contributed by atoms with Crippen molar-refractivity contribution in [3.63, 3.8) is 0 Å². The zero-order chi connectivity index (χ0) is 21.4. The molecule has 31 heavy (non-hydrogen) atoms. The summed E-state index contributed by atoms with van der Waals surface area (Å²) in [4.78, 5) is 23.9. The first-order valence-corrected chi connectivity index (χ1v) is 11.1. The normalized spacial score (nSPS) is 17.4. The predicted molar refractivity (Wildman–Crippen MR) is 126 cm³/mol. The van der Waals surface area contributed by atoms with Crippen molar-refractivity contribution in [3.05, 3.63) is 52.1 Å². The molecule has 1 aliphatic carbocycles. The molecule has 3 aromatic heterocycles. The number of pyridine rings is 2. The monoisotopic (exact) mass is 435 g/mol. The van der Waals surface area contributed by atoms with Gasteiger partial charge in [-0.1, -0.05) is 11.6 Å². The largest absolute Gasteiger partial charge is 0.354 e. The Kier molecular flexibility index (Phi) is 5.46. The van der Waals surface area contributed by atoms with Crippen LogP contribution in [0.3, 0.4) is 0 Å². The molecule has 7 nitrogen and oxygen atoms in total. The standard InChI is InChI=1S/C23H26ClN7/c1-14-11-17-16(5-6-27-22(17)30-14)12-29-23(31-9-7-26-8-10-31)19-18(15-3-4-15)13-28-21(24)20(19)25-2/h5-6,11,13,15,26H,2-4,7-10,12H2,1H3,(H,27,30). The number of aryl methyl sites for hydroxylation is 1. The summed E-state index contributed by atoms with van der Waals surface area (Å²) in [7, 11) is 0. The molecule has 0 unspecified atom stereocenters. The number of aliphatic imine (C=N–C) groups is 2. The molecule has 5 rings (SSSR count). The van der Waals surface area contributed by atoms with Crippen LogP contribution in [0.2, 0.25) is 5.15 Å². The van der Waals surface area contributed by atoms with Gasteiger partial charge in [-0.05, 0) is 55.7 Å². The van der Waals surface area contributed by atoms with E-state index in [9.17, 15) is 0 Å². The van der Waals surface area contributed by atoms with Crippen LogP contribution in [0.1, 0.15) is 41.1 Å². The molecule has 2 N–H and O–H groups in total. The Morgan fingerprint density at radius 2 is 2.10 bits per heavy atom. The number of hydrogen-bond donors (Lipinski definition) is 2. The molecule has 160 valence electrons. The number of fused-ring (bicyclic) bond motifs is 1. The van der Waals surface area contributed by atoms with E-state index in [1.54, 1.807) is 0 Å². The summed E-state index contributed by atoms with van der Waals surface area (Å²) in [6.45, 7) is 10.00. The fourth-order valence-corrected chi connectivity index (χ4v) is 4.50. The van der Waals surface area contributed by atoms with E-state index < -0.39 is 0 Å². The zero-order valence-corrected chi connectivity index (χ0v) is 18.4. The van der Waals surface area contributed by atoms with Gasteiger partial charge in [0, 0.05) is 49.7 Å². The lowest BCUT2D eigenvalue weighted by molar-refractivity contribution is 0.357. The molecule has 3 aromatic rings. The fourth-order valence-electron chi connectivity index (χ4n) is 4.30. The Morgan fingerprint density at radius 3 is 2.84 bits per heavy atom. The van der Waals surface area contributed by atoms with Crippen LogP contribution in [0, 0.1) is 6.92 Å². The van der Waals surface area contributed by atoms with Crippen molar-refractivity contribution >= 4 is 40.9 Å². The molecular formula is C23H26ClN7. The first kappa shape index (κ1) is 20.2. The lowest BCUT2D eigenvalue weighted by Crippen LogP contribution is -2.47. The van der Waals surface area contributed by atoms with Crippen molar-refractivity contribution in [3.8, 4) is 0 Å².